The van der Waals surface area contributed by atoms with Crippen molar-refractivity contribution in [2.75, 3.05) is 27.4 Å². The molecule has 0 amide bonds. The molecule has 0 radical (unpaired) electrons. The van der Waals surface area contributed by atoms with Gasteiger partial charge in [0.25, 0.3) is 0 Å². The molecule has 0 heterocycles. The Bertz CT molecular complexity index is 492. The molecule has 2 aromatic rings. The Hall–Kier alpha value is -1.34. The van der Waals surface area contributed by atoms with E-state index in [0.29, 0.717) is 13.2 Å². The van der Waals surface area contributed by atoms with Gasteiger partial charge in [-0.3, -0.25) is 0 Å². The van der Waals surface area contributed by atoms with Gasteiger partial charge in [0.1, 0.15) is 24.7 Å². The van der Waals surface area contributed by atoms with Gasteiger partial charge in [-0.05, 0) is 48.5 Å². The maximum absolute atomic E-state index is 5.62. The fourth-order valence-electron chi connectivity index (χ4n) is 1.69. The molecule has 6 heteroatoms. The predicted molar refractivity (Wildman–Crippen MR) is 89.6 cm³/mol. The van der Waals surface area contributed by atoms with E-state index in [1.54, 1.807) is 14.2 Å². The zero-order valence-corrected chi connectivity index (χ0v) is 14.1. The van der Waals surface area contributed by atoms with Crippen molar-refractivity contribution in [1.82, 2.24) is 0 Å². The highest BCUT2D eigenvalue weighted by atomic mass is 32.2. The summed E-state index contributed by atoms with van der Waals surface area (Å²) in [5.74, 6) is 1.63. The molecule has 0 saturated heterocycles. The number of benzene rings is 2. The minimum absolute atomic E-state index is 0.491. The average Bonchev–Trinajstić information content (AvgIpc) is 2.55. The lowest BCUT2D eigenvalue weighted by molar-refractivity contribution is 0.217. The Morgan fingerprint density at radius 3 is 1.32 bits per heavy atom. The molecular weight excluding hydrogens is 320 g/mol. The first-order valence-corrected chi connectivity index (χ1v) is 8.17. The molecule has 0 N–H and O–H groups in total. The fraction of sp³-hybridized carbons (Fsp3) is 0.250. The number of ether oxygens (including phenoxy) is 2. The second kappa shape index (κ2) is 9.63. The van der Waals surface area contributed by atoms with Crippen LogP contribution < -0.4 is 9.47 Å². The molecule has 4 nitrogen and oxygen atoms in total. The van der Waals surface area contributed by atoms with Crippen LogP contribution in [0.5, 0.6) is 11.5 Å². The van der Waals surface area contributed by atoms with E-state index in [4.69, 9.17) is 17.8 Å². The van der Waals surface area contributed by atoms with Crippen molar-refractivity contribution < 1.29 is 17.8 Å². The van der Waals surface area contributed by atoms with Crippen molar-refractivity contribution in [1.29, 1.82) is 0 Å². The third kappa shape index (κ3) is 5.81. The Balaban J connectivity index is 1.70. The average molecular weight is 338 g/mol. The number of hydrogen-bond acceptors (Lipinski definition) is 6. The van der Waals surface area contributed by atoms with E-state index in [9.17, 15) is 0 Å². The van der Waals surface area contributed by atoms with Gasteiger partial charge in [0.15, 0.2) is 0 Å². The van der Waals surface area contributed by atoms with Crippen LogP contribution in [0.3, 0.4) is 0 Å². The van der Waals surface area contributed by atoms with Gasteiger partial charge in [-0.2, -0.15) is 0 Å². The Morgan fingerprint density at radius 1 is 0.636 bits per heavy atom. The number of rotatable bonds is 9. The summed E-state index contributed by atoms with van der Waals surface area (Å²) in [5.41, 5.74) is 0. The van der Waals surface area contributed by atoms with Gasteiger partial charge in [-0.1, -0.05) is 0 Å². The van der Waals surface area contributed by atoms with Crippen LogP contribution in [0.2, 0.25) is 0 Å². The molecule has 0 atom stereocenters. The van der Waals surface area contributed by atoms with Crippen LogP contribution in [0, 0.1) is 0 Å². The second-order valence-electron chi connectivity index (χ2n) is 4.14. The SMILES string of the molecule is COSc1ccc(OCCOc2ccc(SOC)cc2)cc1. The lowest BCUT2D eigenvalue weighted by Gasteiger charge is -2.09. The topological polar surface area (TPSA) is 36.9 Å². The van der Waals surface area contributed by atoms with Gasteiger partial charge in [0.05, 0.1) is 14.2 Å². The smallest absolute Gasteiger partial charge is 0.122 e. The monoisotopic (exact) mass is 338 g/mol. The highest BCUT2D eigenvalue weighted by Gasteiger charge is 1.98. The van der Waals surface area contributed by atoms with Crippen LogP contribution in [0.4, 0.5) is 0 Å². The van der Waals surface area contributed by atoms with E-state index < -0.39 is 0 Å². The first-order valence-electron chi connectivity index (χ1n) is 6.69. The third-order valence-corrected chi connectivity index (χ3v) is 3.89. The predicted octanol–water partition coefficient (Wildman–Crippen LogP) is 4.45. The first-order chi connectivity index (χ1) is 10.8. The highest BCUT2D eigenvalue weighted by Crippen LogP contribution is 2.22. The van der Waals surface area contributed by atoms with E-state index in [1.807, 2.05) is 48.5 Å². The van der Waals surface area contributed by atoms with Gasteiger partial charge < -0.3 is 17.8 Å². The Morgan fingerprint density at radius 2 is 1.00 bits per heavy atom. The van der Waals surface area contributed by atoms with Crippen LogP contribution in [0.1, 0.15) is 0 Å². The summed E-state index contributed by atoms with van der Waals surface area (Å²) < 4.78 is 21.2. The van der Waals surface area contributed by atoms with Crippen molar-refractivity contribution in [3.63, 3.8) is 0 Å². The van der Waals surface area contributed by atoms with Crippen molar-refractivity contribution in [2.24, 2.45) is 0 Å². The summed E-state index contributed by atoms with van der Waals surface area (Å²) in [6.45, 7) is 0.983. The van der Waals surface area contributed by atoms with Crippen LogP contribution >= 0.6 is 24.1 Å². The maximum atomic E-state index is 5.62. The second-order valence-corrected chi connectivity index (χ2v) is 6.08. The largest absolute Gasteiger partial charge is 0.490 e. The molecule has 0 aliphatic carbocycles. The van der Waals surface area contributed by atoms with E-state index in [2.05, 4.69) is 0 Å². The molecule has 0 saturated carbocycles. The van der Waals surface area contributed by atoms with Crippen molar-refractivity contribution in [3.05, 3.63) is 48.5 Å². The van der Waals surface area contributed by atoms with Gasteiger partial charge in [0, 0.05) is 33.9 Å². The molecule has 0 bridgehead atoms. The normalized spacial score (nSPS) is 10.5. The molecule has 0 unspecified atom stereocenters. The van der Waals surface area contributed by atoms with Crippen molar-refractivity contribution in [3.8, 4) is 11.5 Å². The molecule has 0 aromatic heterocycles. The third-order valence-electron chi connectivity index (χ3n) is 2.63. The van der Waals surface area contributed by atoms with Gasteiger partial charge >= 0.3 is 0 Å². The number of hydrogen-bond donors (Lipinski definition) is 0. The van der Waals surface area contributed by atoms with Gasteiger partial charge in [0.2, 0.25) is 0 Å². The van der Waals surface area contributed by atoms with Crippen LogP contribution in [-0.2, 0) is 8.37 Å². The lowest BCUT2D eigenvalue weighted by atomic mass is 10.3. The van der Waals surface area contributed by atoms with Crippen LogP contribution in [-0.4, -0.2) is 27.4 Å². The maximum Gasteiger partial charge on any atom is 0.122 e. The van der Waals surface area contributed by atoms with Crippen LogP contribution in [0.25, 0.3) is 0 Å². The summed E-state index contributed by atoms with van der Waals surface area (Å²) >= 11 is 2.65. The lowest BCUT2D eigenvalue weighted by Crippen LogP contribution is -2.08. The standard InChI is InChI=1S/C16H18O4S2/c1-17-21-15-7-3-13(4-8-15)19-11-12-20-14-5-9-16(10-6-14)22-18-2/h3-10H,11-12H2,1-2H3. The molecule has 0 aliphatic heterocycles. The zero-order valence-electron chi connectivity index (χ0n) is 12.5. The molecule has 118 valence electrons. The molecule has 22 heavy (non-hydrogen) atoms. The molecular formula is C16H18O4S2. The van der Waals surface area contributed by atoms with Crippen molar-refractivity contribution in [2.45, 2.75) is 9.79 Å². The fourth-order valence-corrected chi connectivity index (χ4v) is 2.57. The van der Waals surface area contributed by atoms with E-state index in [0.717, 1.165) is 21.3 Å². The summed E-state index contributed by atoms with van der Waals surface area (Å²) in [6.07, 6.45) is 0. The molecule has 0 fully saturated rings. The first kappa shape index (κ1) is 17.0. The van der Waals surface area contributed by atoms with Crippen molar-refractivity contribution >= 4 is 24.1 Å². The minimum Gasteiger partial charge on any atom is -0.490 e. The minimum atomic E-state index is 0.491. The Kier molecular flexibility index (Phi) is 7.45. The highest BCUT2D eigenvalue weighted by molar-refractivity contribution is 7.94. The zero-order chi connectivity index (χ0) is 15.6. The van der Waals surface area contributed by atoms with Crippen LogP contribution in [0.15, 0.2) is 58.3 Å². The molecule has 2 aromatic carbocycles. The van der Waals surface area contributed by atoms with Gasteiger partial charge in [-0.25, -0.2) is 0 Å². The quantitative estimate of drug-likeness (QED) is 0.497. The molecule has 0 aliphatic rings. The molecule has 2 rings (SSSR count). The Labute approximate surface area is 139 Å². The molecule has 0 spiro atoms. The van der Waals surface area contributed by atoms with E-state index in [1.165, 1.54) is 24.1 Å². The van der Waals surface area contributed by atoms with E-state index >= 15 is 0 Å². The summed E-state index contributed by atoms with van der Waals surface area (Å²) in [6, 6.07) is 15.5. The van der Waals surface area contributed by atoms with Gasteiger partial charge in [-0.15, -0.1) is 0 Å². The summed E-state index contributed by atoms with van der Waals surface area (Å²) in [5, 5.41) is 0. The summed E-state index contributed by atoms with van der Waals surface area (Å²) in [7, 11) is 3.29. The van der Waals surface area contributed by atoms with E-state index in [-0.39, 0.29) is 0 Å². The summed E-state index contributed by atoms with van der Waals surface area (Å²) in [4.78, 5) is 2.08.